The zero-order valence-electron chi connectivity index (χ0n) is 2.69. The summed E-state index contributed by atoms with van der Waals surface area (Å²) in [5, 5.41) is 0. The monoisotopic (exact) mass is 264 g/mol. The minimum absolute atomic E-state index is 0. The first kappa shape index (κ1) is 83.5. The second-order valence-corrected chi connectivity index (χ2v) is 0. The molecule has 0 saturated heterocycles. The molecule has 0 spiro atoms. The van der Waals surface area contributed by atoms with Crippen molar-refractivity contribution < 1.29 is 36.5 Å². The molecule has 0 aliphatic carbocycles. The van der Waals surface area contributed by atoms with Crippen LogP contribution in [0.1, 0.15) is 0 Å². The Morgan fingerprint density at radius 2 is 0.500 bits per heavy atom. The van der Waals surface area contributed by atoms with Crippen molar-refractivity contribution in [3.63, 3.8) is 0 Å². The van der Waals surface area contributed by atoms with Gasteiger partial charge >= 0.3 is 0 Å². The van der Waals surface area contributed by atoms with Crippen LogP contribution in [0, 0.1) is 0 Å². The van der Waals surface area contributed by atoms with Gasteiger partial charge in [0.05, 0.1) is 0 Å². The van der Waals surface area contributed by atoms with E-state index in [9.17, 15) is 0 Å². The summed E-state index contributed by atoms with van der Waals surface area (Å²) in [5.74, 6) is 0. The van der Waals surface area contributed by atoms with Crippen LogP contribution in [0.5, 0.6) is 0 Å². The van der Waals surface area contributed by atoms with Gasteiger partial charge in [-0.25, -0.2) is 0 Å². The molecule has 6 heteroatoms. The topological polar surface area (TPSA) is 0 Å². The van der Waals surface area contributed by atoms with E-state index in [1.165, 1.54) is 0 Å². The molecule has 0 unspecified atom stereocenters. The standard InChI is InChI=1S/4ClH.Fe.Zn/h4*1H;;. The predicted octanol–water partition coefficient (Wildman–Crippen LogP) is 1.68. The Balaban J connectivity index is 0. The third-order valence-electron chi connectivity index (χ3n) is 0. The van der Waals surface area contributed by atoms with Crippen LogP contribution < -0.4 is 0 Å². The van der Waals surface area contributed by atoms with E-state index in [1.807, 2.05) is 0 Å². The van der Waals surface area contributed by atoms with Crippen molar-refractivity contribution in [2.24, 2.45) is 0 Å². The van der Waals surface area contributed by atoms with Crippen molar-refractivity contribution in [3.05, 3.63) is 0 Å². The molecule has 0 heterocycles. The number of hydrogen-bond donors (Lipinski definition) is 0. The summed E-state index contributed by atoms with van der Waals surface area (Å²) in [6.07, 6.45) is 0. The van der Waals surface area contributed by atoms with E-state index in [1.54, 1.807) is 0 Å². The zero-order valence-corrected chi connectivity index (χ0v) is 10.0. The van der Waals surface area contributed by atoms with Gasteiger partial charge in [0.2, 0.25) is 0 Å². The van der Waals surface area contributed by atoms with E-state index in [4.69, 9.17) is 0 Å². The van der Waals surface area contributed by atoms with E-state index in [0.29, 0.717) is 0 Å². The summed E-state index contributed by atoms with van der Waals surface area (Å²) in [4.78, 5) is 0. The Morgan fingerprint density at radius 1 is 0.500 bits per heavy atom. The fourth-order valence-corrected chi connectivity index (χ4v) is 0. The molecule has 0 bridgehead atoms. The van der Waals surface area contributed by atoms with Gasteiger partial charge in [-0.05, 0) is 0 Å². The summed E-state index contributed by atoms with van der Waals surface area (Å²) in [5.41, 5.74) is 0. The maximum absolute atomic E-state index is 0. The molecule has 0 radical (unpaired) electrons. The summed E-state index contributed by atoms with van der Waals surface area (Å²) >= 11 is 0. The van der Waals surface area contributed by atoms with Gasteiger partial charge in [-0.15, -0.1) is 49.6 Å². The maximum atomic E-state index is 0. The summed E-state index contributed by atoms with van der Waals surface area (Å²) in [6.45, 7) is 0. The van der Waals surface area contributed by atoms with Crippen LogP contribution in [0.4, 0.5) is 0 Å². The van der Waals surface area contributed by atoms with E-state index >= 15 is 0 Å². The molecule has 0 aliphatic rings. The normalized spacial score (nSPS) is 0. The van der Waals surface area contributed by atoms with E-state index in [0.717, 1.165) is 0 Å². The van der Waals surface area contributed by atoms with Crippen LogP contribution in [0.25, 0.3) is 0 Å². The molecular formula is H4Cl4FeZn. The second kappa shape index (κ2) is 54.7. The molecule has 0 aromatic carbocycles. The summed E-state index contributed by atoms with van der Waals surface area (Å²) in [7, 11) is 0. The molecule has 0 aromatic rings. The predicted molar refractivity (Wildman–Crippen MR) is 29.0 cm³/mol. The molecule has 0 fully saturated rings. The molecule has 6 heavy (non-hydrogen) atoms. The number of rotatable bonds is 0. The average Bonchev–Trinajstić information content (AvgIpc) is 0. The van der Waals surface area contributed by atoms with E-state index in [2.05, 4.69) is 0 Å². The minimum atomic E-state index is 0. The Labute approximate surface area is 85.5 Å². The molecule has 0 atom stereocenters. The summed E-state index contributed by atoms with van der Waals surface area (Å²) in [6, 6.07) is 0. The van der Waals surface area contributed by atoms with Crippen molar-refractivity contribution in [1.29, 1.82) is 0 Å². The van der Waals surface area contributed by atoms with Gasteiger partial charge < -0.3 is 0 Å². The van der Waals surface area contributed by atoms with Crippen molar-refractivity contribution in [3.8, 4) is 0 Å². The van der Waals surface area contributed by atoms with Crippen molar-refractivity contribution in [2.45, 2.75) is 0 Å². The molecule has 0 N–H and O–H groups in total. The molecule has 0 aromatic heterocycles. The number of halogens is 4. The van der Waals surface area contributed by atoms with Crippen LogP contribution in [0.3, 0.4) is 0 Å². The first-order chi connectivity index (χ1) is 0. The fourth-order valence-electron chi connectivity index (χ4n) is 0. The molecule has 0 rings (SSSR count). The Kier molecular flexibility index (Phi) is 761. The van der Waals surface area contributed by atoms with Crippen LogP contribution in [0.2, 0.25) is 0 Å². The van der Waals surface area contributed by atoms with Crippen LogP contribution in [0.15, 0.2) is 0 Å². The SMILES string of the molecule is Cl.Cl.Cl.Cl.[Fe].[Zn]. The third kappa shape index (κ3) is 33.4. The van der Waals surface area contributed by atoms with Gasteiger partial charge in [0, 0.05) is 36.5 Å². The zero-order chi connectivity index (χ0) is 0. The van der Waals surface area contributed by atoms with E-state index in [-0.39, 0.29) is 86.2 Å². The van der Waals surface area contributed by atoms with Gasteiger partial charge in [0.1, 0.15) is 0 Å². The molecule has 0 nitrogen and oxygen atoms in total. The summed E-state index contributed by atoms with van der Waals surface area (Å²) < 4.78 is 0. The first-order valence-corrected chi connectivity index (χ1v) is 0. The van der Waals surface area contributed by atoms with E-state index < -0.39 is 0 Å². The Bertz CT molecular complexity index is 7.51. The maximum Gasteiger partial charge on any atom is 0 e. The van der Waals surface area contributed by atoms with Crippen LogP contribution in [-0.4, -0.2) is 0 Å². The fraction of sp³-hybridized carbons (Fsp3) is 0. The molecule has 0 amide bonds. The van der Waals surface area contributed by atoms with Gasteiger partial charge in [-0.1, -0.05) is 0 Å². The van der Waals surface area contributed by atoms with Crippen molar-refractivity contribution in [2.75, 3.05) is 0 Å². The Hall–Kier alpha value is 2.30. The minimum Gasteiger partial charge on any atom is -0.147 e. The smallest absolute Gasteiger partial charge is 0 e. The van der Waals surface area contributed by atoms with Gasteiger partial charge in [-0.2, -0.15) is 0 Å². The first-order valence-electron chi connectivity index (χ1n) is 0. The Morgan fingerprint density at radius 3 is 0.500 bits per heavy atom. The quantitative estimate of drug-likeness (QED) is 0.586. The van der Waals surface area contributed by atoms with Gasteiger partial charge in [0.25, 0.3) is 0 Å². The molecule has 0 saturated carbocycles. The average molecular weight is 267 g/mol. The van der Waals surface area contributed by atoms with Gasteiger partial charge in [-0.3, -0.25) is 0 Å². The molecule has 0 aliphatic heterocycles. The largest absolute Gasteiger partial charge is 0.147 e. The molecule has 42 valence electrons. The number of hydrogen-bond acceptors (Lipinski definition) is 0. The second-order valence-electron chi connectivity index (χ2n) is 0. The van der Waals surface area contributed by atoms with Crippen LogP contribution in [-0.2, 0) is 36.5 Å². The molecular weight excluding hydrogens is 263 g/mol. The van der Waals surface area contributed by atoms with Gasteiger partial charge in [0.15, 0.2) is 0 Å². The van der Waals surface area contributed by atoms with Crippen molar-refractivity contribution >= 4 is 49.6 Å². The van der Waals surface area contributed by atoms with Crippen LogP contribution >= 0.6 is 49.6 Å². The van der Waals surface area contributed by atoms with Crippen molar-refractivity contribution in [1.82, 2.24) is 0 Å². The third-order valence-corrected chi connectivity index (χ3v) is 0.